The number of anilines is 1. The average molecular weight is 259 g/mol. The van der Waals surface area contributed by atoms with Crippen LogP contribution in [0.1, 0.15) is 31.0 Å². The van der Waals surface area contributed by atoms with Gasteiger partial charge in [-0.2, -0.15) is 5.10 Å². The summed E-state index contributed by atoms with van der Waals surface area (Å²) < 4.78 is 1.93. The maximum absolute atomic E-state index is 8.88. The van der Waals surface area contributed by atoms with Crippen LogP contribution < -0.4 is 5.32 Å². The number of benzene rings is 1. The molecule has 1 atom stereocenters. The first-order valence-corrected chi connectivity index (χ1v) is 6.71. The van der Waals surface area contributed by atoms with Crippen molar-refractivity contribution < 1.29 is 5.11 Å². The number of nitrogens with one attached hydrogen (secondary N) is 1. The highest BCUT2D eigenvalue weighted by Gasteiger charge is 2.07. The first kappa shape index (κ1) is 13.6. The predicted octanol–water partition coefficient (Wildman–Crippen LogP) is 2.61. The van der Waals surface area contributed by atoms with Gasteiger partial charge >= 0.3 is 0 Å². The van der Waals surface area contributed by atoms with Crippen molar-refractivity contribution >= 4 is 5.69 Å². The molecule has 4 heteroatoms. The van der Waals surface area contributed by atoms with E-state index in [0.29, 0.717) is 6.42 Å². The summed E-state index contributed by atoms with van der Waals surface area (Å²) in [5, 5.41) is 16.6. The zero-order valence-electron chi connectivity index (χ0n) is 11.5. The molecule has 2 rings (SSSR count). The van der Waals surface area contributed by atoms with Crippen LogP contribution >= 0.6 is 0 Å². The summed E-state index contributed by atoms with van der Waals surface area (Å²) >= 11 is 0. The normalized spacial score (nSPS) is 12.4. The van der Waals surface area contributed by atoms with E-state index in [9.17, 15) is 0 Å². The molecule has 1 aromatic carbocycles. The zero-order valence-corrected chi connectivity index (χ0v) is 11.5. The SMILES string of the molecule is CCn1cc(C(C)Nc2ccc(CCO)cc2)cn1. The molecule has 4 nitrogen and oxygen atoms in total. The third-order valence-corrected chi connectivity index (χ3v) is 3.21. The van der Waals surface area contributed by atoms with Crippen LogP contribution in [0.3, 0.4) is 0 Å². The Bertz CT molecular complexity index is 504. The minimum Gasteiger partial charge on any atom is -0.396 e. The third kappa shape index (κ3) is 3.58. The number of aliphatic hydroxyl groups excluding tert-OH is 1. The quantitative estimate of drug-likeness (QED) is 0.838. The number of aliphatic hydroxyl groups is 1. The lowest BCUT2D eigenvalue weighted by Crippen LogP contribution is -2.06. The van der Waals surface area contributed by atoms with Crippen LogP contribution in [0.4, 0.5) is 5.69 Å². The molecule has 102 valence electrons. The van der Waals surface area contributed by atoms with Crippen molar-refractivity contribution in [2.24, 2.45) is 0 Å². The minimum absolute atomic E-state index is 0.194. The Morgan fingerprint density at radius 3 is 2.63 bits per heavy atom. The molecule has 0 fully saturated rings. The Morgan fingerprint density at radius 1 is 1.32 bits per heavy atom. The van der Waals surface area contributed by atoms with Gasteiger partial charge in [-0.1, -0.05) is 12.1 Å². The Labute approximate surface area is 114 Å². The highest BCUT2D eigenvalue weighted by atomic mass is 16.2. The second kappa shape index (κ2) is 6.38. The molecule has 1 heterocycles. The van der Waals surface area contributed by atoms with Crippen LogP contribution in [-0.4, -0.2) is 21.5 Å². The molecule has 19 heavy (non-hydrogen) atoms. The molecule has 0 radical (unpaired) electrons. The zero-order chi connectivity index (χ0) is 13.7. The second-order valence-electron chi connectivity index (χ2n) is 4.67. The lowest BCUT2D eigenvalue weighted by Gasteiger charge is -2.14. The maximum atomic E-state index is 8.88. The highest BCUT2D eigenvalue weighted by molar-refractivity contribution is 5.46. The Kier molecular flexibility index (Phi) is 4.58. The first-order chi connectivity index (χ1) is 9.22. The van der Waals surface area contributed by atoms with Crippen LogP contribution in [0.5, 0.6) is 0 Å². The van der Waals surface area contributed by atoms with Crippen molar-refractivity contribution in [1.82, 2.24) is 9.78 Å². The summed E-state index contributed by atoms with van der Waals surface area (Å²) in [5.74, 6) is 0. The summed E-state index contributed by atoms with van der Waals surface area (Å²) in [5.41, 5.74) is 3.42. The average Bonchev–Trinajstić information content (AvgIpc) is 2.90. The van der Waals surface area contributed by atoms with Gasteiger partial charge in [0.1, 0.15) is 0 Å². The van der Waals surface area contributed by atoms with Crippen molar-refractivity contribution in [3.63, 3.8) is 0 Å². The number of aromatic nitrogens is 2. The van der Waals surface area contributed by atoms with E-state index in [1.54, 1.807) is 0 Å². The molecule has 0 aliphatic heterocycles. The molecule has 1 unspecified atom stereocenters. The van der Waals surface area contributed by atoms with Gasteiger partial charge in [0, 0.05) is 30.6 Å². The van der Waals surface area contributed by atoms with Gasteiger partial charge in [-0.15, -0.1) is 0 Å². The molecule has 2 aromatic rings. The van der Waals surface area contributed by atoms with Gasteiger partial charge in [0.25, 0.3) is 0 Å². The van der Waals surface area contributed by atoms with Crippen molar-refractivity contribution in [3.05, 3.63) is 47.8 Å². The van der Waals surface area contributed by atoms with E-state index >= 15 is 0 Å². The summed E-state index contributed by atoms with van der Waals surface area (Å²) in [6.07, 6.45) is 4.68. The van der Waals surface area contributed by atoms with Gasteiger partial charge in [-0.3, -0.25) is 4.68 Å². The van der Waals surface area contributed by atoms with Crippen LogP contribution in [0.2, 0.25) is 0 Å². The van der Waals surface area contributed by atoms with Crippen LogP contribution in [0.15, 0.2) is 36.7 Å². The summed E-state index contributed by atoms with van der Waals surface area (Å²) in [7, 11) is 0. The maximum Gasteiger partial charge on any atom is 0.0542 e. The van der Waals surface area contributed by atoms with Crippen LogP contribution in [-0.2, 0) is 13.0 Å². The largest absolute Gasteiger partial charge is 0.396 e. The van der Waals surface area contributed by atoms with Gasteiger partial charge in [0.15, 0.2) is 0 Å². The number of nitrogens with zero attached hydrogens (tertiary/aromatic N) is 2. The van der Waals surface area contributed by atoms with E-state index in [0.717, 1.165) is 17.8 Å². The Hall–Kier alpha value is -1.81. The Balaban J connectivity index is 1.99. The van der Waals surface area contributed by atoms with Gasteiger partial charge < -0.3 is 10.4 Å². The number of hydrogen-bond acceptors (Lipinski definition) is 3. The predicted molar refractivity (Wildman–Crippen MR) is 77.2 cm³/mol. The molecule has 0 aliphatic carbocycles. The van der Waals surface area contributed by atoms with Gasteiger partial charge in [0.05, 0.1) is 12.2 Å². The van der Waals surface area contributed by atoms with E-state index in [4.69, 9.17) is 5.11 Å². The molecule has 0 spiro atoms. The van der Waals surface area contributed by atoms with Gasteiger partial charge in [0.2, 0.25) is 0 Å². The van der Waals surface area contributed by atoms with Crippen molar-refractivity contribution in [3.8, 4) is 0 Å². The lowest BCUT2D eigenvalue weighted by atomic mass is 10.1. The minimum atomic E-state index is 0.194. The summed E-state index contributed by atoms with van der Waals surface area (Å²) in [6, 6.07) is 8.41. The number of aryl methyl sites for hydroxylation is 1. The second-order valence-corrected chi connectivity index (χ2v) is 4.67. The highest BCUT2D eigenvalue weighted by Crippen LogP contribution is 2.19. The monoisotopic (exact) mass is 259 g/mol. The van der Waals surface area contributed by atoms with E-state index in [-0.39, 0.29) is 12.6 Å². The molecule has 0 bridgehead atoms. The molecule has 0 aliphatic rings. The molecular weight excluding hydrogens is 238 g/mol. The smallest absolute Gasteiger partial charge is 0.0542 e. The standard InChI is InChI=1S/C15H21N3O/c1-3-18-11-14(10-16-18)12(2)17-15-6-4-13(5-7-15)8-9-19/h4-7,10-12,17,19H,3,8-9H2,1-2H3. The molecule has 0 saturated heterocycles. The fourth-order valence-corrected chi connectivity index (χ4v) is 2.01. The van der Waals surface area contributed by atoms with Crippen molar-refractivity contribution in [1.29, 1.82) is 0 Å². The van der Waals surface area contributed by atoms with Crippen molar-refractivity contribution in [2.75, 3.05) is 11.9 Å². The first-order valence-electron chi connectivity index (χ1n) is 6.71. The van der Waals surface area contributed by atoms with E-state index in [2.05, 4.69) is 30.5 Å². The van der Waals surface area contributed by atoms with Crippen LogP contribution in [0, 0.1) is 0 Å². The molecule has 0 saturated carbocycles. The lowest BCUT2D eigenvalue weighted by molar-refractivity contribution is 0.299. The van der Waals surface area contributed by atoms with Crippen LogP contribution in [0.25, 0.3) is 0 Å². The molecule has 2 N–H and O–H groups in total. The van der Waals surface area contributed by atoms with E-state index in [1.807, 2.05) is 35.1 Å². The topological polar surface area (TPSA) is 50.1 Å². The summed E-state index contributed by atoms with van der Waals surface area (Å²) in [6.45, 7) is 5.29. The van der Waals surface area contributed by atoms with Crippen molar-refractivity contribution in [2.45, 2.75) is 32.9 Å². The van der Waals surface area contributed by atoms with E-state index < -0.39 is 0 Å². The molecular formula is C15H21N3O. The summed E-state index contributed by atoms with van der Waals surface area (Å²) in [4.78, 5) is 0. The number of hydrogen-bond donors (Lipinski definition) is 2. The van der Waals surface area contributed by atoms with E-state index in [1.165, 1.54) is 5.56 Å². The fourth-order valence-electron chi connectivity index (χ4n) is 2.01. The number of rotatable bonds is 6. The van der Waals surface area contributed by atoms with Gasteiger partial charge in [-0.05, 0) is 38.0 Å². The molecule has 0 amide bonds. The molecule has 1 aromatic heterocycles. The van der Waals surface area contributed by atoms with Gasteiger partial charge in [-0.25, -0.2) is 0 Å². The fraction of sp³-hybridized carbons (Fsp3) is 0.400. The Morgan fingerprint density at radius 2 is 2.05 bits per heavy atom. The third-order valence-electron chi connectivity index (χ3n) is 3.21.